The molecule has 3 heteroatoms. The average Bonchev–Trinajstić information content (AvgIpc) is 2.90. The summed E-state index contributed by atoms with van der Waals surface area (Å²) in [7, 11) is 0. The Bertz CT molecular complexity index is 995. The van der Waals surface area contributed by atoms with Crippen molar-refractivity contribution in [2.45, 2.75) is 16.6 Å². The van der Waals surface area contributed by atoms with Crippen molar-refractivity contribution >= 4 is 34.8 Å². The Balaban J connectivity index is 1.71. The number of benzene rings is 3. The summed E-state index contributed by atoms with van der Waals surface area (Å²) in [6.45, 7) is 0. The van der Waals surface area contributed by atoms with Gasteiger partial charge in [-0.2, -0.15) is 0 Å². The lowest BCUT2D eigenvalue weighted by Crippen LogP contribution is -2.16. The molecule has 0 amide bonds. The Morgan fingerprint density at radius 3 is 2.68 bits per heavy atom. The molecule has 1 heterocycles. The average molecular weight is 362 g/mol. The van der Waals surface area contributed by atoms with Crippen LogP contribution in [0.4, 0.5) is 5.69 Å². The van der Waals surface area contributed by atoms with Crippen LogP contribution in [-0.4, -0.2) is 5.71 Å². The molecule has 1 aliphatic heterocycles. The molecule has 0 spiro atoms. The highest BCUT2D eigenvalue weighted by molar-refractivity contribution is 7.99. The molecule has 2 atom stereocenters. The van der Waals surface area contributed by atoms with Crippen LogP contribution in [0.1, 0.15) is 21.9 Å². The van der Waals surface area contributed by atoms with Crippen LogP contribution in [0.25, 0.3) is 0 Å². The minimum absolute atomic E-state index is 0.313. The monoisotopic (exact) mass is 361 g/mol. The zero-order chi connectivity index (χ0) is 16.8. The molecule has 0 fully saturated rings. The van der Waals surface area contributed by atoms with Gasteiger partial charge in [0.1, 0.15) is 0 Å². The van der Waals surface area contributed by atoms with Crippen molar-refractivity contribution in [2.75, 3.05) is 0 Å². The van der Waals surface area contributed by atoms with Gasteiger partial charge in [0, 0.05) is 21.1 Å². The lowest BCUT2D eigenvalue weighted by atomic mass is 9.94. The number of nitrogens with zero attached hydrogens (tertiary/aromatic N) is 1. The van der Waals surface area contributed by atoms with Crippen molar-refractivity contribution < 1.29 is 0 Å². The Morgan fingerprint density at radius 2 is 1.76 bits per heavy atom. The van der Waals surface area contributed by atoms with Gasteiger partial charge in [0.25, 0.3) is 0 Å². The second kappa shape index (κ2) is 6.05. The highest BCUT2D eigenvalue weighted by Gasteiger charge is 2.37. The molecule has 122 valence electrons. The molecule has 1 nitrogen and oxygen atoms in total. The molecule has 0 unspecified atom stereocenters. The topological polar surface area (TPSA) is 12.4 Å². The first-order valence-corrected chi connectivity index (χ1v) is 9.73. The fourth-order valence-corrected chi connectivity index (χ4v) is 5.39. The molecule has 0 radical (unpaired) electrons. The number of hydrogen-bond acceptors (Lipinski definition) is 2. The number of aliphatic imine (C=N–C) groups is 1. The molecular formula is C22H16ClNS. The second-order valence-electron chi connectivity index (χ2n) is 6.53. The van der Waals surface area contributed by atoms with Crippen molar-refractivity contribution in [3.8, 4) is 0 Å². The van der Waals surface area contributed by atoms with E-state index in [9.17, 15) is 0 Å². The molecule has 0 saturated heterocycles. The van der Waals surface area contributed by atoms with Crippen molar-refractivity contribution in [1.29, 1.82) is 0 Å². The van der Waals surface area contributed by atoms with E-state index in [0.717, 1.165) is 17.1 Å². The van der Waals surface area contributed by atoms with E-state index in [1.807, 2.05) is 23.9 Å². The molecule has 1 aliphatic carbocycles. The summed E-state index contributed by atoms with van der Waals surface area (Å²) in [5.74, 6) is 0.369. The maximum atomic E-state index is 6.30. The van der Waals surface area contributed by atoms with E-state index in [4.69, 9.17) is 16.6 Å². The normalized spacial score (nSPS) is 20.9. The maximum Gasteiger partial charge on any atom is 0.0769 e. The predicted molar refractivity (Wildman–Crippen MR) is 106 cm³/mol. The van der Waals surface area contributed by atoms with E-state index in [1.165, 1.54) is 27.3 Å². The summed E-state index contributed by atoms with van der Waals surface area (Å²) in [4.78, 5) is 6.35. The van der Waals surface area contributed by atoms with E-state index in [1.54, 1.807) is 0 Å². The molecule has 0 N–H and O–H groups in total. The number of rotatable bonds is 1. The zero-order valence-corrected chi connectivity index (χ0v) is 15.1. The minimum atomic E-state index is 0.313. The van der Waals surface area contributed by atoms with Gasteiger partial charge in [-0.3, -0.25) is 4.99 Å². The van der Waals surface area contributed by atoms with Gasteiger partial charge in [-0.15, -0.1) is 11.8 Å². The molecule has 3 aromatic rings. The fraction of sp³-hybridized carbons (Fsp3) is 0.136. The summed E-state index contributed by atoms with van der Waals surface area (Å²) >= 11 is 8.21. The molecule has 2 aliphatic rings. The van der Waals surface area contributed by atoms with Gasteiger partial charge in [-0.1, -0.05) is 60.1 Å². The Hall–Kier alpha value is -2.03. The molecule has 0 aromatic heterocycles. The Kier molecular flexibility index (Phi) is 3.69. The number of para-hydroxylation sites is 1. The minimum Gasteiger partial charge on any atom is -0.251 e. The summed E-state index contributed by atoms with van der Waals surface area (Å²) in [5.41, 5.74) is 6.28. The van der Waals surface area contributed by atoms with Gasteiger partial charge in [-0.25, -0.2) is 0 Å². The van der Waals surface area contributed by atoms with Crippen LogP contribution in [-0.2, 0) is 6.42 Å². The van der Waals surface area contributed by atoms with E-state index in [0.29, 0.717) is 11.2 Å². The standard InChI is InChI=1S/C22H16ClNS/c23-16-8-5-7-15(12-16)22-18-13-14-6-1-2-9-17(14)21(18)24-19-10-3-4-11-20(19)25-22/h1-12,18,22H,13H2/t18-,22+/m1/s1. The number of halogens is 1. The lowest BCUT2D eigenvalue weighted by Gasteiger charge is -2.22. The van der Waals surface area contributed by atoms with Gasteiger partial charge in [0.15, 0.2) is 0 Å². The quantitative estimate of drug-likeness (QED) is 0.483. The molecular weight excluding hydrogens is 346 g/mol. The number of hydrogen-bond donors (Lipinski definition) is 0. The van der Waals surface area contributed by atoms with Crippen molar-refractivity contribution in [3.63, 3.8) is 0 Å². The third-order valence-electron chi connectivity index (χ3n) is 4.99. The molecule has 0 bridgehead atoms. The number of fused-ring (bicyclic) bond motifs is 4. The first kappa shape index (κ1) is 15.2. The lowest BCUT2D eigenvalue weighted by molar-refractivity contribution is 0.694. The van der Waals surface area contributed by atoms with Crippen molar-refractivity contribution in [3.05, 3.63) is 94.5 Å². The van der Waals surface area contributed by atoms with Crippen LogP contribution in [0.2, 0.25) is 5.02 Å². The smallest absolute Gasteiger partial charge is 0.0769 e. The summed E-state index contributed by atoms with van der Waals surface area (Å²) in [6.07, 6.45) is 1.03. The van der Waals surface area contributed by atoms with E-state index < -0.39 is 0 Å². The zero-order valence-electron chi connectivity index (χ0n) is 13.5. The molecule has 25 heavy (non-hydrogen) atoms. The number of thioether (sulfide) groups is 1. The second-order valence-corrected chi connectivity index (χ2v) is 8.15. The molecule has 5 rings (SSSR count). The highest BCUT2D eigenvalue weighted by atomic mass is 35.5. The van der Waals surface area contributed by atoms with Gasteiger partial charge >= 0.3 is 0 Å². The van der Waals surface area contributed by atoms with Crippen LogP contribution in [0.5, 0.6) is 0 Å². The fourth-order valence-electron chi connectivity index (χ4n) is 3.86. The maximum absolute atomic E-state index is 6.30. The third-order valence-corrected chi connectivity index (χ3v) is 6.68. The summed E-state index contributed by atoms with van der Waals surface area (Å²) < 4.78 is 0. The predicted octanol–water partition coefficient (Wildman–Crippen LogP) is 6.48. The largest absolute Gasteiger partial charge is 0.251 e. The van der Waals surface area contributed by atoms with Crippen molar-refractivity contribution in [2.24, 2.45) is 10.9 Å². The van der Waals surface area contributed by atoms with Crippen molar-refractivity contribution in [1.82, 2.24) is 0 Å². The van der Waals surface area contributed by atoms with Gasteiger partial charge in [0.2, 0.25) is 0 Å². The van der Waals surface area contributed by atoms with E-state index >= 15 is 0 Å². The van der Waals surface area contributed by atoms with E-state index in [2.05, 4.69) is 60.7 Å². The summed E-state index contributed by atoms with van der Waals surface area (Å²) in [5, 5.41) is 1.11. The first-order chi connectivity index (χ1) is 12.3. The van der Waals surface area contributed by atoms with E-state index in [-0.39, 0.29) is 0 Å². The highest BCUT2D eigenvalue weighted by Crippen LogP contribution is 2.51. The van der Waals surface area contributed by atoms with Crippen LogP contribution < -0.4 is 0 Å². The molecule has 0 saturated carbocycles. The summed E-state index contributed by atoms with van der Waals surface area (Å²) in [6, 6.07) is 25.4. The van der Waals surface area contributed by atoms with Gasteiger partial charge < -0.3 is 0 Å². The molecule has 3 aromatic carbocycles. The van der Waals surface area contributed by atoms with Crippen LogP contribution >= 0.6 is 23.4 Å². The third kappa shape index (κ3) is 2.61. The SMILES string of the molecule is Clc1cccc([C@@H]2Sc3ccccc3N=C3c4ccccc4C[C@H]32)c1. The van der Waals surface area contributed by atoms with Crippen LogP contribution in [0, 0.1) is 5.92 Å². The van der Waals surface area contributed by atoms with Crippen LogP contribution in [0.3, 0.4) is 0 Å². The first-order valence-electron chi connectivity index (χ1n) is 8.47. The van der Waals surface area contributed by atoms with Crippen LogP contribution in [0.15, 0.2) is 82.7 Å². The Morgan fingerprint density at radius 1 is 0.920 bits per heavy atom. The van der Waals surface area contributed by atoms with Gasteiger partial charge in [0.05, 0.1) is 11.4 Å². The van der Waals surface area contributed by atoms with Gasteiger partial charge in [-0.05, 0) is 47.4 Å². The Labute approximate surface area is 156 Å².